The quantitative estimate of drug-likeness (QED) is 0.380. The maximum Gasteiger partial charge on any atom is 0.242 e. The summed E-state index contributed by atoms with van der Waals surface area (Å²) >= 11 is 12.3. The summed E-state index contributed by atoms with van der Waals surface area (Å²) in [4.78, 5) is 27.9. The summed E-state index contributed by atoms with van der Waals surface area (Å²) in [6.07, 6.45) is 2.48. The molecule has 1 atom stereocenters. The van der Waals surface area contributed by atoms with E-state index in [1.165, 1.54) is 12.1 Å². The normalized spacial score (nSPS) is 12.3. The minimum atomic E-state index is -3.67. The second-order valence-electron chi connectivity index (χ2n) is 8.94. The van der Waals surface area contributed by atoms with Gasteiger partial charge >= 0.3 is 0 Å². The van der Waals surface area contributed by atoms with E-state index in [2.05, 4.69) is 5.32 Å². The van der Waals surface area contributed by atoms with Crippen molar-refractivity contribution in [1.29, 1.82) is 0 Å². The molecule has 7 nitrogen and oxygen atoms in total. The zero-order valence-corrected chi connectivity index (χ0v) is 23.5. The predicted molar refractivity (Wildman–Crippen MR) is 147 cm³/mol. The first-order chi connectivity index (χ1) is 16.9. The van der Waals surface area contributed by atoms with Crippen LogP contribution in [0.2, 0.25) is 10.0 Å². The third-order valence-electron chi connectivity index (χ3n) is 5.63. The summed E-state index contributed by atoms with van der Waals surface area (Å²) in [6, 6.07) is 13.7. The van der Waals surface area contributed by atoms with Crippen LogP contribution in [0.4, 0.5) is 5.69 Å². The molecule has 0 aliphatic heterocycles. The van der Waals surface area contributed by atoms with E-state index >= 15 is 0 Å². The number of carbonyl (C=O) groups is 2. The van der Waals surface area contributed by atoms with Crippen LogP contribution in [0, 0.1) is 0 Å². The summed E-state index contributed by atoms with van der Waals surface area (Å²) < 4.78 is 26.1. The fourth-order valence-electron chi connectivity index (χ4n) is 3.94. The summed E-state index contributed by atoms with van der Waals surface area (Å²) in [5.41, 5.74) is 1.33. The minimum absolute atomic E-state index is 0.0478. The fourth-order valence-corrected chi connectivity index (χ4v) is 5.34. The van der Waals surface area contributed by atoms with Crippen molar-refractivity contribution in [2.24, 2.45) is 0 Å². The predicted octanol–water partition coefficient (Wildman–Crippen LogP) is 4.91. The van der Waals surface area contributed by atoms with Crippen LogP contribution in [0.25, 0.3) is 0 Å². The number of hydrogen-bond acceptors (Lipinski definition) is 4. The van der Waals surface area contributed by atoms with Gasteiger partial charge in [-0.1, -0.05) is 60.5 Å². The average molecular weight is 557 g/mol. The van der Waals surface area contributed by atoms with Gasteiger partial charge in [0.05, 0.1) is 17.0 Å². The van der Waals surface area contributed by atoms with E-state index in [-0.39, 0.29) is 48.0 Å². The Labute approximate surface area is 224 Å². The van der Waals surface area contributed by atoms with Gasteiger partial charge in [0.25, 0.3) is 0 Å². The number of nitrogens with zero attached hydrogens (tertiary/aromatic N) is 2. The molecule has 0 spiro atoms. The summed E-state index contributed by atoms with van der Waals surface area (Å²) in [5.74, 6) is -0.403. The SMILES string of the molecule is CCC(C(=O)NC(C)C)N(CCc1ccccc1)C(=O)CCCN(c1cc(Cl)ccc1Cl)S(C)(=O)=O. The highest BCUT2D eigenvalue weighted by Gasteiger charge is 2.29. The number of sulfonamides is 1. The number of hydrogen-bond donors (Lipinski definition) is 1. The molecule has 0 radical (unpaired) electrons. The molecule has 10 heteroatoms. The molecule has 2 aromatic rings. The van der Waals surface area contributed by atoms with E-state index in [9.17, 15) is 18.0 Å². The van der Waals surface area contributed by atoms with Crippen molar-refractivity contribution in [1.82, 2.24) is 10.2 Å². The molecule has 1 N–H and O–H groups in total. The van der Waals surface area contributed by atoms with Crippen LogP contribution >= 0.6 is 23.2 Å². The van der Waals surface area contributed by atoms with Crippen LogP contribution in [-0.4, -0.2) is 56.6 Å². The van der Waals surface area contributed by atoms with Crippen LogP contribution in [0.1, 0.15) is 45.6 Å². The molecule has 0 aliphatic carbocycles. The second kappa shape index (κ2) is 13.9. The maximum absolute atomic E-state index is 13.4. The van der Waals surface area contributed by atoms with Crippen molar-refractivity contribution in [3.63, 3.8) is 0 Å². The van der Waals surface area contributed by atoms with Gasteiger partial charge in [-0.15, -0.1) is 0 Å². The smallest absolute Gasteiger partial charge is 0.242 e. The van der Waals surface area contributed by atoms with Gasteiger partial charge in [0.1, 0.15) is 6.04 Å². The first kappa shape index (κ1) is 29.9. The molecule has 2 amide bonds. The van der Waals surface area contributed by atoms with E-state index in [0.29, 0.717) is 24.4 Å². The molecule has 0 aliphatic rings. The Bertz CT molecular complexity index is 1130. The topological polar surface area (TPSA) is 86.8 Å². The molecule has 2 aromatic carbocycles. The number of halogens is 2. The highest BCUT2D eigenvalue weighted by Crippen LogP contribution is 2.31. The first-order valence-electron chi connectivity index (χ1n) is 12.0. The Morgan fingerprint density at radius 1 is 1.03 bits per heavy atom. The molecule has 36 heavy (non-hydrogen) atoms. The molecular weight excluding hydrogens is 521 g/mol. The van der Waals surface area contributed by atoms with Crippen LogP contribution in [0.5, 0.6) is 0 Å². The van der Waals surface area contributed by atoms with Crippen molar-refractivity contribution in [2.45, 2.75) is 58.5 Å². The summed E-state index contributed by atoms with van der Waals surface area (Å²) in [5, 5.41) is 3.51. The highest BCUT2D eigenvalue weighted by atomic mass is 35.5. The van der Waals surface area contributed by atoms with Crippen LogP contribution < -0.4 is 9.62 Å². The molecule has 0 saturated carbocycles. The van der Waals surface area contributed by atoms with E-state index in [0.717, 1.165) is 16.1 Å². The highest BCUT2D eigenvalue weighted by molar-refractivity contribution is 7.92. The number of benzene rings is 2. The molecule has 198 valence electrons. The molecule has 1 unspecified atom stereocenters. The standard InChI is InChI=1S/C26H35Cl2N3O4S/c1-5-23(26(33)29-19(2)3)30(17-15-20-10-7-6-8-11-20)25(32)12-9-16-31(36(4,34)35)24-18-21(27)13-14-22(24)28/h6-8,10-11,13-14,18-19,23H,5,9,12,15-17H2,1-4H3,(H,29,33). The van der Waals surface area contributed by atoms with Gasteiger partial charge in [0.2, 0.25) is 21.8 Å². The number of amides is 2. The molecule has 0 fully saturated rings. The first-order valence-corrected chi connectivity index (χ1v) is 14.6. The Balaban J connectivity index is 2.19. The van der Waals surface area contributed by atoms with Crippen molar-refractivity contribution < 1.29 is 18.0 Å². The van der Waals surface area contributed by atoms with E-state index < -0.39 is 16.1 Å². The summed E-state index contributed by atoms with van der Waals surface area (Å²) in [6.45, 7) is 6.05. The van der Waals surface area contributed by atoms with Gasteiger partial charge in [-0.25, -0.2) is 8.42 Å². The zero-order chi connectivity index (χ0) is 26.9. The third kappa shape index (κ3) is 8.98. The van der Waals surface area contributed by atoms with Crippen molar-refractivity contribution in [3.8, 4) is 0 Å². The maximum atomic E-state index is 13.4. The van der Waals surface area contributed by atoms with Crippen LogP contribution in [0.15, 0.2) is 48.5 Å². The second-order valence-corrected chi connectivity index (χ2v) is 11.7. The lowest BCUT2D eigenvalue weighted by molar-refractivity contribution is -0.141. The lowest BCUT2D eigenvalue weighted by Crippen LogP contribution is -2.51. The number of anilines is 1. The van der Waals surface area contributed by atoms with Crippen molar-refractivity contribution >= 4 is 50.7 Å². The Hall–Kier alpha value is -2.29. The Morgan fingerprint density at radius 3 is 2.28 bits per heavy atom. The van der Waals surface area contributed by atoms with Gasteiger partial charge in [-0.3, -0.25) is 13.9 Å². The largest absolute Gasteiger partial charge is 0.352 e. The monoisotopic (exact) mass is 555 g/mol. The van der Waals surface area contributed by atoms with Crippen molar-refractivity contribution in [3.05, 3.63) is 64.1 Å². The number of carbonyl (C=O) groups excluding carboxylic acids is 2. The average Bonchev–Trinajstić information content (AvgIpc) is 2.80. The van der Waals surface area contributed by atoms with Gasteiger partial charge in [0, 0.05) is 30.6 Å². The van der Waals surface area contributed by atoms with Crippen molar-refractivity contribution in [2.75, 3.05) is 23.7 Å². The lowest BCUT2D eigenvalue weighted by atomic mass is 10.1. The Morgan fingerprint density at radius 2 is 1.69 bits per heavy atom. The third-order valence-corrected chi connectivity index (χ3v) is 7.36. The van der Waals surface area contributed by atoms with Crippen LogP contribution in [0.3, 0.4) is 0 Å². The molecular formula is C26H35Cl2N3O4S. The zero-order valence-electron chi connectivity index (χ0n) is 21.2. The lowest BCUT2D eigenvalue weighted by Gasteiger charge is -2.31. The summed E-state index contributed by atoms with van der Waals surface area (Å²) in [7, 11) is -3.67. The van der Waals surface area contributed by atoms with Gasteiger partial charge in [0.15, 0.2) is 0 Å². The minimum Gasteiger partial charge on any atom is -0.352 e. The molecule has 0 aromatic heterocycles. The Kier molecular flexibility index (Phi) is 11.5. The molecule has 0 saturated heterocycles. The van der Waals surface area contributed by atoms with E-state index in [1.54, 1.807) is 11.0 Å². The van der Waals surface area contributed by atoms with Gasteiger partial charge in [-0.05, 0) is 56.9 Å². The number of rotatable bonds is 13. The molecule has 2 rings (SSSR count). The van der Waals surface area contributed by atoms with Crippen LogP contribution in [-0.2, 0) is 26.0 Å². The van der Waals surface area contributed by atoms with Gasteiger partial charge in [-0.2, -0.15) is 0 Å². The number of nitrogens with one attached hydrogen (secondary N) is 1. The fraction of sp³-hybridized carbons (Fsp3) is 0.462. The molecule has 0 heterocycles. The van der Waals surface area contributed by atoms with Gasteiger partial charge < -0.3 is 10.2 Å². The molecule has 0 bridgehead atoms. The van der Waals surface area contributed by atoms with E-state index in [1.807, 2.05) is 51.1 Å². The van der Waals surface area contributed by atoms with E-state index in [4.69, 9.17) is 23.2 Å².